The predicted octanol–water partition coefficient (Wildman–Crippen LogP) is 5.06. The summed E-state index contributed by atoms with van der Waals surface area (Å²) < 4.78 is 7.79. The van der Waals surface area contributed by atoms with Crippen LogP contribution in [-0.2, 0) is 6.54 Å². The Labute approximate surface area is 178 Å². The van der Waals surface area contributed by atoms with Crippen LogP contribution in [0.5, 0.6) is 17.4 Å². The van der Waals surface area contributed by atoms with E-state index in [1.165, 1.54) is 0 Å². The van der Waals surface area contributed by atoms with E-state index < -0.39 is 0 Å². The van der Waals surface area contributed by atoms with E-state index in [1.54, 1.807) is 23.0 Å². The zero-order valence-corrected chi connectivity index (χ0v) is 16.7. The molecule has 1 aromatic heterocycles. The van der Waals surface area contributed by atoms with E-state index in [0.29, 0.717) is 34.2 Å². The fourth-order valence-corrected chi connectivity index (χ4v) is 4.13. The van der Waals surface area contributed by atoms with Gasteiger partial charge in [-0.15, -0.1) is 0 Å². The third-order valence-electron chi connectivity index (χ3n) is 5.30. The first-order valence-corrected chi connectivity index (χ1v) is 9.92. The van der Waals surface area contributed by atoms with Crippen LogP contribution in [0.3, 0.4) is 0 Å². The molecular formula is C24H18ClN3O2. The Morgan fingerprint density at radius 2 is 1.77 bits per heavy atom. The average molecular weight is 416 g/mol. The van der Waals surface area contributed by atoms with Crippen molar-refractivity contribution in [1.82, 2.24) is 9.55 Å². The Bertz CT molecular complexity index is 1300. The first-order valence-electron chi connectivity index (χ1n) is 9.55. The molecule has 5 rings (SSSR count). The molecule has 1 atom stereocenters. The van der Waals surface area contributed by atoms with Gasteiger partial charge in [0.2, 0.25) is 5.88 Å². The smallest absolute Gasteiger partial charge is 0.228 e. The van der Waals surface area contributed by atoms with Crippen molar-refractivity contribution in [3.05, 3.63) is 112 Å². The van der Waals surface area contributed by atoms with E-state index in [9.17, 15) is 5.11 Å². The van der Waals surface area contributed by atoms with Gasteiger partial charge in [-0.2, -0.15) is 0 Å². The Kier molecular flexibility index (Phi) is 4.52. The second kappa shape index (κ2) is 7.35. The number of ether oxygens (including phenoxy) is 1. The number of aromatic nitrogens is 2. The summed E-state index contributed by atoms with van der Waals surface area (Å²) in [6.07, 6.45) is 1.62. The summed E-state index contributed by atoms with van der Waals surface area (Å²) in [6, 6.07) is 22.6. The minimum Gasteiger partial charge on any atom is -0.508 e. The molecule has 0 bridgehead atoms. The summed E-state index contributed by atoms with van der Waals surface area (Å²) in [5, 5.41) is 19.5. The molecule has 0 fully saturated rings. The number of phenolic OH excluding ortho intramolecular Hbond substituents is 1. The molecule has 6 heteroatoms. The molecule has 0 amide bonds. The zero-order chi connectivity index (χ0) is 20.7. The normalized spacial score (nSPS) is 14.5. The van der Waals surface area contributed by atoms with Gasteiger partial charge in [0.15, 0.2) is 0 Å². The Morgan fingerprint density at radius 3 is 2.57 bits per heavy atom. The topological polar surface area (TPSA) is 71.1 Å². The highest BCUT2D eigenvalue weighted by atomic mass is 35.5. The third kappa shape index (κ3) is 3.13. The fourth-order valence-electron chi connectivity index (χ4n) is 3.89. The predicted molar refractivity (Wildman–Crippen MR) is 114 cm³/mol. The van der Waals surface area contributed by atoms with Gasteiger partial charge in [0.1, 0.15) is 23.3 Å². The van der Waals surface area contributed by atoms with Crippen LogP contribution in [0.4, 0.5) is 0 Å². The quantitative estimate of drug-likeness (QED) is 0.433. The molecule has 4 aromatic rings. The molecule has 0 saturated carbocycles. The van der Waals surface area contributed by atoms with Crippen LogP contribution in [0.2, 0.25) is 5.02 Å². The molecular weight excluding hydrogens is 398 g/mol. The molecule has 1 aliphatic heterocycles. The lowest BCUT2D eigenvalue weighted by Crippen LogP contribution is -2.30. The molecule has 0 spiro atoms. The van der Waals surface area contributed by atoms with E-state index in [-0.39, 0.29) is 11.7 Å². The minimum absolute atomic E-state index is 0.108. The Morgan fingerprint density at radius 1 is 1.00 bits per heavy atom. The van der Waals surface area contributed by atoms with Crippen LogP contribution in [0.15, 0.2) is 79.1 Å². The van der Waals surface area contributed by atoms with Gasteiger partial charge in [-0.25, -0.2) is 4.98 Å². The number of rotatable bonds is 3. The molecule has 30 heavy (non-hydrogen) atoms. The summed E-state index contributed by atoms with van der Waals surface area (Å²) in [4.78, 5) is 4.51. The van der Waals surface area contributed by atoms with E-state index in [4.69, 9.17) is 21.7 Å². The lowest BCUT2D eigenvalue weighted by Gasteiger charge is -2.29. The minimum atomic E-state index is -0.332. The monoisotopic (exact) mass is 415 g/mol. The van der Waals surface area contributed by atoms with Crippen LogP contribution in [0, 0.1) is 5.41 Å². The standard InChI is InChI=1S/C24H18ClN3O2/c25-19-9-5-4-8-17(19)21-18-11-10-16(29)12-20(18)30-24-22(21)23(26)28(14-27-24)13-15-6-2-1-3-7-15/h1-12,14,21,26,29H,13H2. The average Bonchev–Trinajstić information content (AvgIpc) is 2.75. The molecule has 0 radical (unpaired) electrons. The molecule has 3 aromatic carbocycles. The van der Waals surface area contributed by atoms with E-state index >= 15 is 0 Å². The molecule has 1 unspecified atom stereocenters. The molecule has 1 aliphatic rings. The van der Waals surface area contributed by atoms with Crippen LogP contribution in [0.1, 0.15) is 28.2 Å². The van der Waals surface area contributed by atoms with Gasteiger partial charge in [0, 0.05) is 22.6 Å². The van der Waals surface area contributed by atoms with E-state index in [1.807, 2.05) is 60.7 Å². The number of nitrogens with one attached hydrogen (secondary N) is 1. The van der Waals surface area contributed by atoms with Crippen LogP contribution in [0.25, 0.3) is 0 Å². The number of fused-ring (bicyclic) bond motifs is 2. The zero-order valence-electron chi connectivity index (χ0n) is 15.9. The number of benzene rings is 3. The summed E-state index contributed by atoms with van der Waals surface area (Å²) in [5.74, 6) is 0.644. The van der Waals surface area contributed by atoms with E-state index in [0.717, 1.165) is 16.7 Å². The highest BCUT2D eigenvalue weighted by Gasteiger charge is 2.33. The summed E-state index contributed by atoms with van der Waals surface area (Å²) in [7, 11) is 0. The molecule has 2 N–H and O–H groups in total. The Hall–Kier alpha value is -3.57. The van der Waals surface area contributed by atoms with Gasteiger partial charge in [-0.1, -0.05) is 66.2 Å². The van der Waals surface area contributed by atoms with Crippen molar-refractivity contribution in [2.75, 3.05) is 0 Å². The van der Waals surface area contributed by atoms with Gasteiger partial charge in [-0.3, -0.25) is 5.41 Å². The van der Waals surface area contributed by atoms with Crippen molar-refractivity contribution in [3.8, 4) is 17.4 Å². The molecule has 0 aliphatic carbocycles. The lowest BCUT2D eigenvalue weighted by molar-refractivity contribution is 0.415. The van der Waals surface area contributed by atoms with Gasteiger partial charge in [0.25, 0.3) is 0 Å². The summed E-state index contributed by atoms with van der Waals surface area (Å²) in [6.45, 7) is 0.525. The molecule has 0 saturated heterocycles. The molecule has 148 valence electrons. The van der Waals surface area contributed by atoms with Gasteiger partial charge in [-0.05, 0) is 23.3 Å². The lowest BCUT2D eigenvalue weighted by atomic mass is 9.84. The highest BCUT2D eigenvalue weighted by molar-refractivity contribution is 6.31. The van der Waals surface area contributed by atoms with Crippen molar-refractivity contribution < 1.29 is 9.84 Å². The molecule has 2 heterocycles. The first kappa shape index (κ1) is 18.5. The fraction of sp³-hybridized carbons (Fsp3) is 0.0833. The van der Waals surface area contributed by atoms with Crippen LogP contribution in [-0.4, -0.2) is 14.7 Å². The number of hydrogen-bond donors (Lipinski definition) is 2. The van der Waals surface area contributed by atoms with E-state index in [2.05, 4.69) is 4.98 Å². The first-order chi connectivity index (χ1) is 14.6. The highest BCUT2D eigenvalue weighted by Crippen LogP contribution is 2.47. The van der Waals surface area contributed by atoms with Crippen molar-refractivity contribution >= 4 is 11.6 Å². The van der Waals surface area contributed by atoms with Crippen LogP contribution < -0.4 is 10.2 Å². The number of phenols is 1. The summed E-state index contributed by atoms with van der Waals surface area (Å²) >= 11 is 6.57. The SMILES string of the molecule is N=c1c2c(ncn1Cc1ccccc1)Oc1cc(O)ccc1C2c1ccccc1Cl. The van der Waals surface area contributed by atoms with Crippen molar-refractivity contribution in [1.29, 1.82) is 5.41 Å². The second-order valence-corrected chi connectivity index (χ2v) is 7.61. The maximum atomic E-state index is 9.94. The molecule has 5 nitrogen and oxygen atoms in total. The number of halogens is 1. The number of nitrogens with zero attached hydrogens (tertiary/aromatic N) is 2. The van der Waals surface area contributed by atoms with Crippen molar-refractivity contribution in [3.63, 3.8) is 0 Å². The summed E-state index contributed by atoms with van der Waals surface area (Å²) in [5.41, 5.74) is 3.74. The second-order valence-electron chi connectivity index (χ2n) is 7.20. The maximum Gasteiger partial charge on any atom is 0.228 e. The van der Waals surface area contributed by atoms with Crippen LogP contribution >= 0.6 is 11.6 Å². The third-order valence-corrected chi connectivity index (χ3v) is 5.65. The number of hydrogen-bond acceptors (Lipinski definition) is 4. The largest absolute Gasteiger partial charge is 0.508 e. The van der Waals surface area contributed by atoms with Crippen molar-refractivity contribution in [2.45, 2.75) is 12.5 Å². The maximum absolute atomic E-state index is 9.94. The van der Waals surface area contributed by atoms with Gasteiger partial charge in [0.05, 0.1) is 12.1 Å². The van der Waals surface area contributed by atoms with Gasteiger partial charge >= 0.3 is 0 Å². The Balaban J connectivity index is 1.72. The van der Waals surface area contributed by atoms with Crippen molar-refractivity contribution in [2.24, 2.45) is 0 Å². The van der Waals surface area contributed by atoms with Gasteiger partial charge < -0.3 is 14.4 Å². The number of aromatic hydroxyl groups is 1.